The summed E-state index contributed by atoms with van der Waals surface area (Å²) in [4.78, 5) is 2.66. The Morgan fingerprint density at radius 1 is 1.25 bits per heavy atom. The minimum Gasteiger partial charge on any atom is -0.318 e. The van der Waals surface area contributed by atoms with Crippen molar-refractivity contribution < 1.29 is 13.2 Å². The van der Waals surface area contributed by atoms with E-state index in [9.17, 15) is 13.2 Å². The van der Waals surface area contributed by atoms with E-state index in [2.05, 4.69) is 20.7 Å². The molecule has 1 aromatic rings. The molecule has 0 spiro atoms. The van der Waals surface area contributed by atoms with E-state index in [4.69, 9.17) is 0 Å². The normalized spacial score (nSPS) is 13.2. The molecule has 0 aromatic carbocycles. The predicted octanol–water partition coefficient (Wildman–Crippen LogP) is 1.01. The van der Waals surface area contributed by atoms with E-state index in [1.165, 1.54) is 9.70 Å². The van der Waals surface area contributed by atoms with Gasteiger partial charge in [0.2, 0.25) is 0 Å². The van der Waals surface area contributed by atoms with Crippen LogP contribution < -0.4 is 5.32 Å². The van der Waals surface area contributed by atoms with Gasteiger partial charge in [-0.15, -0.1) is 10.2 Å². The lowest BCUT2D eigenvalue weighted by Gasteiger charge is -2.22. The van der Waals surface area contributed by atoms with Crippen LogP contribution in [-0.2, 0) is 12.1 Å². The lowest BCUT2D eigenvalue weighted by molar-refractivity contribution is -0.147. The minimum absolute atomic E-state index is 0.0251. The Labute approximate surface area is 116 Å². The lowest BCUT2D eigenvalue weighted by Crippen LogP contribution is -2.38. The second kappa shape index (κ2) is 6.49. The van der Waals surface area contributed by atoms with Crippen molar-refractivity contribution in [1.82, 2.24) is 30.4 Å². The van der Waals surface area contributed by atoms with Gasteiger partial charge in [0.15, 0.2) is 5.82 Å². The molecule has 1 rings (SSSR count). The highest BCUT2D eigenvalue weighted by Gasteiger charge is 2.31. The molecule has 0 aliphatic rings. The van der Waals surface area contributed by atoms with E-state index in [-0.39, 0.29) is 18.6 Å². The Balaban J connectivity index is 2.71. The molecule has 6 nitrogen and oxygen atoms in total. The van der Waals surface area contributed by atoms with Crippen LogP contribution in [0.4, 0.5) is 13.2 Å². The number of rotatable bonds is 6. The summed E-state index contributed by atoms with van der Waals surface area (Å²) in [5, 5.41) is 14.6. The fourth-order valence-electron chi connectivity index (χ4n) is 1.53. The third-order valence-electron chi connectivity index (χ3n) is 2.50. The van der Waals surface area contributed by atoms with E-state index in [0.717, 1.165) is 0 Å². The molecule has 1 N–H and O–H groups in total. The van der Waals surface area contributed by atoms with Gasteiger partial charge in [0, 0.05) is 13.1 Å². The first kappa shape index (κ1) is 16.8. The van der Waals surface area contributed by atoms with Gasteiger partial charge in [-0.05, 0) is 33.0 Å². The molecule has 0 saturated carbocycles. The van der Waals surface area contributed by atoms with E-state index in [1.54, 1.807) is 7.05 Å². The van der Waals surface area contributed by atoms with Gasteiger partial charge in [0.1, 0.15) is 0 Å². The first-order chi connectivity index (χ1) is 9.12. The molecule has 0 aliphatic heterocycles. The van der Waals surface area contributed by atoms with Gasteiger partial charge >= 0.3 is 6.18 Å². The van der Waals surface area contributed by atoms with Crippen LogP contribution >= 0.6 is 0 Å². The smallest absolute Gasteiger partial charge is 0.318 e. The van der Waals surface area contributed by atoms with E-state index < -0.39 is 12.7 Å². The Hall–Kier alpha value is -1.22. The van der Waals surface area contributed by atoms with Crippen LogP contribution in [-0.4, -0.2) is 58.0 Å². The summed E-state index contributed by atoms with van der Waals surface area (Å²) in [5.74, 6) is 0.292. The second-order valence-corrected chi connectivity index (χ2v) is 5.60. The van der Waals surface area contributed by atoms with Crippen molar-refractivity contribution in [1.29, 1.82) is 0 Å². The zero-order valence-corrected chi connectivity index (χ0v) is 12.2. The minimum atomic E-state index is -4.24. The maximum Gasteiger partial charge on any atom is 0.401 e. The molecule has 0 fully saturated rings. The maximum absolute atomic E-state index is 12.5. The van der Waals surface area contributed by atoms with Crippen LogP contribution in [0.5, 0.6) is 0 Å². The number of tetrazole rings is 1. The molecule has 0 radical (unpaired) electrons. The molecule has 0 amide bonds. The first-order valence-corrected chi connectivity index (χ1v) is 6.35. The lowest BCUT2D eigenvalue weighted by atomic mass is 10.1. The molecular formula is C11H21F3N6. The largest absolute Gasteiger partial charge is 0.401 e. The average Bonchev–Trinajstić information content (AvgIpc) is 2.72. The third-order valence-corrected chi connectivity index (χ3v) is 2.50. The molecule has 116 valence electrons. The summed E-state index contributed by atoms with van der Waals surface area (Å²) in [5.41, 5.74) is -0.342. The van der Waals surface area contributed by atoms with Gasteiger partial charge in [0.25, 0.3) is 0 Å². The van der Waals surface area contributed by atoms with Crippen molar-refractivity contribution in [2.24, 2.45) is 0 Å². The number of halogens is 3. The van der Waals surface area contributed by atoms with E-state index in [1.807, 2.05) is 20.8 Å². The Morgan fingerprint density at radius 3 is 2.35 bits per heavy atom. The van der Waals surface area contributed by atoms with Gasteiger partial charge in [-0.1, -0.05) is 0 Å². The fourth-order valence-corrected chi connectivity index (χ4v) is 1.53. The van der Waals surface area contributed by atoms with Gasteiger partial charge in [-0.25, -0.2) is 0 Å². The van der Waals surface area contributed by atoms with Gasteiger partial charge in [0.05, 0.1) is 18.6 Å². The SMILES string of the molecule is CNCCN(Cc1nnn(C(C)(C)C)n1)CC(F)(F)F. The van der Waals surface area contributed by atoms with E-state index >= 15 is 0 Å². The van der Waals surface area contributed by atoms with Crippen molar-refractivity contribution in [2.75, 3.05) is 26.7 Å². The maximum atomic E-state index is 12.5. The summed E-state index contributed by atoms with van der Waals surface area (Å²) in [6, 6.07) is 0. The summed E-state index contributed by atoms with van der Waals surface area (Å²) in [7, 11) is 1.69. The summed E-state index contributed by atoms with van der Waals surface area (Å²) in [6.07, 6.45) is -4.24. The molecular weight excluding hydrogens is 273 g/mol. The Kier molecular flexibility index (Phi) is 5.46. The van der Waals surface area contributed by atoms with Gasteiger partial charge in [-0.2, -0.15) is 18.0 Å². The number of aromatic nitrogens is 4. The standard InChI is InChI=1S/C11H21F3N6/c1-10(2,3)20-17-9(16-18-20)7-19(6-5-15-4)8-11(12,13)14/h15H,5-8H2,1-4H3. The van der Waals surface area contributed by atoms with Crippen LogP contribution in [0.1, 0.15) is 26.6 Å². The molecule has 0 saturated heterocycles. The van der Waals surface area contributed by atoms with Crippen molar-refractivity contribution in [3.05, 3.63) is 5.82 Å². The predicted molar refractivity (Wildman–Crippen MR) is 68.1 cm³/mol. The van der Waals surface area contributed by atoms with Crippen LogP contribution in [0.15, 0.2) is 0 Å². The molecule has 0 unspecified atom stereocenters. The fraction of sp³-hybridized carbons (Fsp3) is 0.909. The van der Waals surface area contributed by atoms with Crippen molar-refractivity contribution >= 4 is 0 Å². The van der Waals surface area contributed by atoms with Gasteiger partial charge in [-0.3, -0.25) is 4.90 Å². The highest BCUT2D eigenvalue weighted by Crippen LogP contribution is 2.17. The number of nitrogens with zero attached hydrogens (tertiary/aromatic N) is 5. The zero-order valence-electron chi connectivity index (χ0n) is 12.2. The quantitative estimate of drug-likeness (QED) is 0.848. The van der Waals surface area contributed by atoms with Gasteiger partial charge < -0.3 is 5.32 Å². The molecule has 1 aromatic heterocycles. The monoisotopic (exact) mass is 294 g/mol. The van der Waals surface area contributed by atoms with Crippen LogP contribution in [0.3, 0.4) is 0 Å². The molecule has 0 bridgehead atoms. The van der Waals surface area contributed by atoms with Crippen LogP contribution in [0, 0.1) is 0 Å². The summed E-state index contributed by atoms with van der Waals surface area (Å²) >= 11 is 0. The van der Waals surface area contributed by atoms with Crippen molar-refractivity contribution in [3.8, 4) is 0 Å². The Morgan fingerprint density at radius 2 is 1.90 bits per heavy atom. The molecule has 9 heteroatoms. The number of likely N-dealkylation sites (N-methyl/N-ethyl adjacent to an activating group) is 1. The Bertz CT molecular complexity index is 409. The number of alkyl halides is 3. The topological polar surface area (TPSA) is 58.9 Å². The third kappa shape index (κ3) is 5.83. The first-order valence-electron chi connectivity index (χ1n) is 6.35. The second-order valence-electron chi connectivity index (χ2n) is 5.60. The molecule has 0 aliphatic carbocycles. The molecule has 1 heterocycles. The molecule has 0 atom stereocenters. The summed E-state index contributed by atoms with van der Waals surface area (Å²) < 4.78 is 37.5. The van der Waals surface area contributed by atoms with E-state index in [0.29, 0.717) is 12.4 Å². The van der Waals surface area contributed by atoms with Crippen LogP contribution in [0.2, 0.25) is 0 Å². The number of hydrogen-bond donors (Lipinski definition) is 1. The average molecular weight is 294 g/mol. The zero-order chi connectivity index (χ0) is 15.4. The molecule has 20 heavy (non-hydrogen) atoms. The summed E-state index contributed by atoms with van der Waals surface area (Å²) in [6.45, 7) is 5.45. The van der Waals surface area contributed by atoms with Crippen molar-refractivity contribution in [2.45, 2.75) is 39.0 Å². The number of nitrogens with one attached hydrogen (secondary N) is 1. The highest BCUT2D eigenvalue weighted by atomic mass is 19.4. The highest BCUT2D eigenvalue weighted by molar-refractivity contribution is 4.81. The van der Waals surface area contributed by atoms with Crippen molar-refractivity contribution in [3.63, 3.8) is 0 Å². The number of hydrogen-bond acceptors (Lipinski definition) is 5. The van der Waals surface area contributed by atoms with Crippen LogP contribution in [0.25, 0.3) is 0 Å².